The van der Waals surface area contributed by atoms with Gasteiger partial charge in [-0.05, 0) is 6.07 Å². The Labute approximate surface area is 138 Å². The second kappa shape index (κ2) is 5.15. The molecule has 0 spiro atoms. The second-order valence-electron chi connectivity index (χ2n) is 6.16. The van der Waals surface area contributed by atoms with Crippen LogP contribution in [-0.2, 0) is 14.1 Å². The number of aromatic nitrogens is 2. The van der Waals surface area contributed by atoms with Gasteiger partial charge in [0.05, 0.1) is 25.9 Å². The number of hydrogen-bond acceptors (Lipinski definition) is 5. The second-order valence-corrected chi connectivity index (χ2v) is 6.16. The lowest BCUT2D eigenvalue weighted by Crippen LogP contribution is -2.46. The highest BCUT2D eigenvalue weighted by molar-refractivity contribution is 5.54. The van der Waals surface area contributed by atoms with Crippen LogP contribution in [0.5, 0.6) is 17.4 Å². The van der Waals surface area contributed by atoms with E-state index >= 15 is 0 Å². The lowest BCUT2D eigenvalue weighted by molar-refractivity contribution is 0.113. The van der Waals surface area contributed by atoms with Crippen LogP contribution in [0.15, 0.2) is 27.8 Å². The zero-order valence-electron chi connectivity index (χ0n) is 13.7. The summed E-state index contributed by atoms with van der Waals surface area (Å²) in [4.78, 5) is 25.0. The van der Waals surface area contributed by atoms with Gasteiger partial charge in [-0.3, -0.25) is 13.9 Å². The van der Waals surface area contributed by atoms with E-state index < -0.39 is 5.69 Å². The first-order valence-electron chi connectivity index (χ1n) is 7.77. The van der Waals surface area contributed by atoms with Gasteiger partial charge in [-0.1, -0.05) is 12.1 Å². The van der Waals surface area contributed by atoms with Gasteiger partial charge in [0, 0.05) is 31.5 Å². The number of rotatable bonds is 1. The van der Waals surface area contributed by atoms with E-state index in [1.807, 2.05) is 18.2 Å². The first-order chi connectivity index (χ1) is 11.5. The van der Waals surface area contributed by atoms with Gasteiger partial charge in [0.15, 0.2) is 11.5 Å². The van der Waals surface area contributed by atoms with Gasteiger partial charge in [-0.15, -0.1) is 0 Å². The lowest BCUT2D eigenvalue weighted by Gasteiger charge is -2.38. The molecule has 0 fully saturated rings. The van der Waals surface area contributed by atoms with Gasteiger partial charge < -0.3 is 14.2 Å². The number of fused-ring (bicyclic) bond motifs is 5. The number of nitrogens with zero attached hydrogens (tertiary/aromatic N) is 2. The molecular weight excluding hydrogens is 312 g/mol. The third-order valence-electron chi connectivity index (χ3n) is 4.87. The molecule has 0 saturated heterocycles. The predicted octanol–water partition coefficient (Wildman–Crippen LogP) is 0.625. The van der Waals surface area contributed by atoms with Crippen LogP contribution in [0, 0.1) is 5.92 Å². The minimum atomic E-state index is -0.393. The number of hydrogen-bond donors (Lipinski definition) is 0. The predicted molar refractivity (Wildman–Crippen MR) is 86.2 cm³/mol. The highest BCUT2D eigenvalue weighted by Crippen LogP contribution is 2.48. The molecule has 2 aromatic rings. The number of benzene rings is 1. The molecule has 7 nitrogen and oxygen atoms in total. The van der Waals surface area contributed by atoms with Crippen molar-refractivity contribution in [2.45, 2.75) is 5.92 Å². The average Bonchev–Trinajstić information content (AvgIpc) is 2.62. The van der Waals surface area contributed by atoms with Crippen LogP contribution in [0.4, 0.5) is 0 Å². The molecule has 2 aliphatic heterocycles. The summed E-state index contributed by atoms with van der Waals surface area (Å²) in [7, 11) is 4.69. The van der Waals surface area contributed by atoms with Crippen LogP contribution in [0.3, 0.4) is 0 Å². The molecule has 0 amide bonds. The Balaban J connectivity index is 2.03. The van der Waals surface area contributed by atoms with Gasteiger partial charge in [0.25, 0.3) is 5.56 Å². The van der Waals surface area contributed by atoms with Crippen LogP contribution in [0.1, 0.15) is 17.0 Å². The van der Waals surface area contributed by atoms with Crippen molar-refractivity contribution < 1.29 is 14.2 Å². The van der Waals surface area contributed by atoms with E-state index in [-0.39, 0.29) is 17.4 Å². The molecule has 7 heteroatoms. The van der Waals surface area contributed by atoms with Crippen molar-refractivity contribution in [1.29, 1.82) is 0 Å². The van der Waals surface area contributed by atoms with E-state index in [9.17, 15) is 9.59 Å². The van der Waals surface area contributed by atoms with Crippen molar-refractivity contribution in [2.24, 2.45) is 20.0 Å². The molecule has 0 radical (unpaired) electrons. The number of methoxy groups -OCH3 is 1. The largest absolute Gasteiger partial charge is 0.493 e. The summed E-state index contributed by atoms with van der Waals surface area (Å²) in [6.45, 7) is 0.832. The van der Waals surface area contributed by atoms with Gasteiger partial charge in [0.1, 0.15) is 0 Å². The Hall–Kier alpha value is -2.70. The highest BCUT2D eigenvalue weighted by Gasteiger charge is 2.42. The van der Waals surface area contributed by atoms with Crippen molar-refractivity contribution in [1.82, 2.24) is 9.13 Å². The molecule has 2 aliphatic rings. The van der Waals surface area contributed by atoms with Crippen LogP contribution < -0.4 is 25.5 Å². The summed E-state index contributed by atoms with van der Waals surface area (Å²) in [6.07, 6.45) is 0. The molecule has 3 heterocycles. The van der Waals surface area contributed by atoms with Crippen LogP contribution >= 0.6 is 0 Å². The molecule has 24 heavy (non-hydrogen) atoms. The fourth-order valence-electron chi connectivity index (χ4n) is 3.65. The first-order valence-corrected chi connectivity index (χ1v) is 7.77. The molecule has 0 bridgehead atoms. The van der Waals surface area contributed by atoms with E-state index in [1.165, 1.54) is 11.6 Å². The molecule has 0 N–H and O–H groups in total. The fourth-order valence-corrected chi connectivity index (χ4v) is 3.65. The van der Waals surface area contributed by atoms with Crippen molar-refractivity contribution in [2.75, 3.05) is 20.3 Å². The molecule has 2 atom stereocenters. The average molecular weight is 330 g/mol. The third-order valence-corrected chi connectivity index (χ3v) is 4.87. The van der Waals surface area contributed by atoms with Gasteiger partial charge in [-0.2, -0.15) is 0 Å². The van der Waals surface area contributed by atoms with E-state index in [4.69, 9.17) is 14.2 Å². The minimum absolute atomic E-state index is 0.0160. The number of para-hydroxylation sites is 1. The maximum atomic E-state index is 12.8. The molecule has 4 rings (SSSR count). The summed E-state index contributed by atoms with van der Waals surface area (Å²) >= 11 is 0. The molecule has 0 saturated carbocycles. The molecule has 0 unspecified atom stereocenters. The Morgan fingerprint density at radius 1 is 1.12 bits per heavy atom. The summed E-state index contributed by atoms with van der Waals surface area (Å²) in [5, 5.41) is 0. The smallest absolute Gasteiger partial charge is 0.333 e. The Morgan fingerprint density at radius 3 is 2.62 bits per heavy atom. The quantitative estimate of drug-likeness (QED) is 0.767. The van der Waals surface area contributed by atoms with Crippen molar-refractivity contribution in [3.05, 3.63) is 50.2 Å². The lowest BCUT2D eigenvalue weighted by atomic mass is 9.78. The Bertz CT molecular complexity index is 943. The van der Waals surface area contributed by atoms with Gasteiger partial charge in [-0.25, -0.2) is 4.79 Å². The summed E-state index contributed by atoms with van der Waals surface area (Å²) in [5.74, 6) is 1.48. The first kappa shape index (κ1) is 14.9. The normalized spacial score (nSPS) is 21.0. The van der Waals surface area contributed by atoms with Crippen LogP contribution in [0.2, 0.25) is 0 Å². The standard InChI is InChI=1S/C17H18N2O5/c1-18-15(20)13-12-9(8-24-16(13)19(2)17(18)21)7-23-14-10(12)5-4-6-11(14)22-3/h4-6,9,12H,7-8H2,1-3H3/t9-,12-/m1/s1. The Morgan fingerprint density at radius 2 is 1.88 bits per heavy atom. The topological polar surface area (TPSA) is 71.7 Å². The van der Waals surface area contributed by atoms with E-state index in [2.05, 4.69) is 0 Å². The maximum Gasteiger partial charge on any atom is 0.333 e. The van der Waals surface area contributed by atoms with E-state index in [0.717, 1.165) is 10.1 Å². The fraction of sp³-hybridized carbons (Fsp3) is 0.412. The van der Waals surface area contributed by atoms with Crippen molar-refractivity contribution >= 4 is 0 Å². The molecule has 1 aromatic carbocycles. The van der Waals surface area contributed by atoms with E-state index in [1.54, 1.807) is 14.2 Å². The van der Waals surface area contributed by atoms with Crippen molar-refractivity contribution in [3.63, 3.8) is 0 Å². The monoisotopic (exact) mass is 330 g/mol. The molecule has 0 aliphatic carbocycles. The van der Waals surface area contributed by atoms with Gasteiger partial charge >= 0.3 is 5.69 Å². The van der Waals surface area contributed by atoms with Crippen LogP contribution in [0.25, 0.3) is 0 Å². The maximum absolute atomic E-state index is 12.8. The van der Waals surface area contributed by atoms with E-state index in [0.29, 0.717) is 36.2 Å². The highest BCUT2D eigenvalue weighted by atomic mass is 16.5. The summed E-state index contributed by atoms with van der Waals surface area (Å²) < 4.78 is 19.5. The Kier molecular flexibility index (Phi) is 3.19. The molecule has 1 aromatic heterocycles. The third kappa shape index (κ3) is 1.84. The molecule has 126 valence electrons. The van der Waals surface area contributed by atoms with Crippen LogP contribution in [-0.4, -0.2) is 29.5 Å². The number of ether oxygens (including phenoxy) is 3. The van der Waals surface area contributed by atoms with Crippen molar-refractivity contribution in [3.8, 4) is 17.4 Å². The minimum Gasteiger partial charge on any atom is -0.493 e. The molecular formula is C17H18N2O5. The summed E-state index contributed by atoms with van der Waals surface area (Å²) in [6, 6.07) is 5.65. The zero-order chi connectivity index (χ0) is 17.0. The zero-order valence-corrected chi connectivity index (χ0v) is 13.7. The van der Waals surface area contributed by atoms with Gasteiger partial charge in [0.2, 0.25) is 5.88 Å². The SMILES string of the molecule is COc1cccc2c1OC[C@@H]1COc3c(c(=O)n(C)c(=O)n3C)[C@@H]21. The summed E-state index contributed by atoms with van der Waals surface area (Å²) in [5.41, 5.74) is 0.688.